The lowest BCUT2D eigenvalue weighted by Gasteiger charge is -2.25. The van der Waals surface area contributed by atoms with Crippen LogP contribution in [0.25, 0.3) is 16.9 Å². The van der Waals surface area contributed by atoms with Crippen LogP contribution in [-0.2, 0) is 9.53 Å². The Kier molecular flexibility index (Phi) is 7.37. The van der Waals surface area contributed by atoms with E-state index in [1.54, 1.807) is 47.2 Å². The molecule has 0 bridgehead atoms. The van der Waals surface area contributed by atoms with Crippen LogP contribution in [0.4, 0.5) is 10.3 Å². The molecule has 0 saturated carbocycles. The van der Waals surface area contributed by atoms with E-state index in [1.165, 1.54) is 17.0 Å². The highest BCUT2D eigenvalue weighted by molar-refractivity contribution is 5.99. The van der Waals surface area contributed by atoms with Gasteiger partial charge in [0.1, 0.15) is 12.4 Å². The first-order chi connectivity index (χ1) is 18.1. The van der Waals surface area contributed by atoms with Gasteiger partial charge in [-0.25, -0.2) is 9.37 Å². The van der Waals surface area contributed by atoms with Crippen molar-refractivity contribution >= 4 is 17.8 Å². The third-order valence-electron chi connectivity index (χ3n) is 6.22. The zero-order valence-corrected chi connectivity index (χ0v) is 20.2. The second-order valence-corrected chi connectivity index (χ2v) is 8.90. The number of nitrogens with one attached hydrogen (secondary N) is 1. The van der Waals surface area contributed by atoms with Gasteiger partial charge in [0, 0.05) is 36.2 Å². The summed E-state index contributed by atoms with van der Waals surface area (Å²) in [6, 6.07) is 24.4. The molecular formula is C29H27FN4O3. The van der Waals surface area contributed by atoms with Gasteiger partial charge in [-0.3, -0.25) is 19.5 Å². The maximum absolute atomic E-state index is 13.6. The van der Waals surface area contributed by atoms with E-state index in [2.05, 4.69) is 10.3 Å². The number of ether oxygens (including phenoxy) is 1. The molecule has 0 radical (unpaired) electrons. The van der Waals surface area contributed by atoms with Gasteiger partial charge in [-0.15, -0.1) is 0 Å². The van der Waals surface area contributed by atoms with Crippen molar-refractivity contribution in [1.82, 2.24) is 14.5 Å². The van der Waals surface area contributed by atoms with Crippen LogP contribution < -0.4 is 5.32 Å². The van der Waals surface area contributed by atoms with Gasteiger partial charge in [-0.2, -0.15) is 0 Å². The summed E-state index contributed by atoms with van der Waals surface area (Å²) in [5.74, 6) is -0.712. The largest absolute Gasteiger partial charge is 0.376 e. The summed E-state index contributed by atoms with van der Waals surface area (Å²) in [5.41, 5.74) is 2.67. The Labute approximate surface area is 214 Å². The van der Waals surface area contributed by atoms with Crippen molar-refractivity contribution in [3.63, 3.8) is 0 Å². The molecule has 2 heterocycles. The zero-order chi connectivity index (χ0) is 25.6. The first-order valence-corrected chi connectivity index (χ1v) is 12.2. The predicted octanol–water partition coefficient (Wildman–Crippen LogP) is 4.94. The third-order valence-corrected chi connectivity index (χ3v) is 6.22. The summed E-state index contributed by atoms with van der Waals surface area (Å²) in [4.78, 5) is 32.7. The fourth-order valence-corrected chi connectivity index (χ4v) is 4.37. The Balaban J connectivity index is 1.40. The van der Waals surface area contributed by atoms with E-state index < -0.39 is 5.91 Å². The molecule has 4 aromatic rings. The molecule has 1 aliphatic heterocycles. The number of amides is 2. The average Bonchev–Trinajstić information content (AvgIpc) is 3.60. The van der Waals surface area contributed by atoms with Gasteiger partial charge in [0.2, 0.25) is 11.9 Å². The van der Waals surface area contributed by atoms with Crippen molar-refractivity contribution < 1.29 is 18.7 Å². The summed E-state index contributed by atoms with van der Waals surface area (Å²) in [6.45, 7) is 0.814. The number of anilines is 1. The lowest BCUT2D eigenvalue weighted by Crippen LogP contribution is -2.42. The fraction of sp³-hybridized carbons (Fsp3) is 0.207. The fourth-order valence-electron chi connectivity index (χ4n) is 4.37. The standard InChI is InChI=1S/C29H27FN4O3/c30-23-13-15-24(16-14-23)34-19-26(21-8-3-1-4-9-21)31-29(34)32-27(35)20-33(18-25-12-7-17-37-25)28(36)22-10-5-2-6-11-22/h1-6,8-11,13-16,19,25H,7,12,17-18,20H2,(H,31,32,35). The minimum absolute atomic E-state index is 0.105. The number of imidazole rings is 1. The Morgan fingerprint density at radius 3 is 2.38 bits per heavy atom. The number of hydrogen-bond acceptors (Lipinski definition) is 4. The SMILES string of the molecule is O=C(CN(CC1CCCO1)C(=O)c1ccccc1)Nc1nc(-c2ccccc2)cn1-c1ccc(F)cc1. The molecule has 0 spiro atoms. The molecular weight excluding hydrogens is 471 g/mol. The first-order valence-electron chi connectivity index (χ1n) is 12.2. The molecule has 1 aliphatic rings. The van der Waals surface area contributed by atoms with Crippen LogP contribution in [0.5, 0.6) is 0 Å². The summed E-state index contributed by atoms with van der Waals surface area (Å²) in [6.07, 6.45) is 3.46. The van der Waals surface area contributed by atoms with Gasteiger partial charge in [-0.05, 0) is 49.2 Å². The van der Waals surface area contributed by atoms with E-state index in [0.29, 0.717) is 30.1 Å². The molecule has 7 nitrogen and oxygen atoms in total. The molecule has 0 aliphatic carbocycles. The van der Waals surface area contributed by atoms with Crippen molar-refractivity contribution in [3.05, 3.63) is 103 Å². The normalized spacial score (nSPS) is 14.9. The summed E-state index contributed by atoms with van der Waals surface area (Å²) >= 11 is 0. The molecule has 8 heteroatoms. The minimum Gasteiger partial charge on any atom is -0.376 e. The highest BCUT2D eigenvalue weighted by Crippen LogP contribution is 2.24. The number of aromatic nitrogens is 2. The van der Waals surface area contributed by atoms with E-state index in [0.717, 1.165) is 18.4 Å². The second-order valence-electron chi connectivity index (χ2n) is 8.90. The molecule has 1 aromatic heterocycles. The van der Waals surface area contributed by atoms with Gasteiger partial charge >= 0.3 is 0 Å². The van der Waals surface area contributed by atoms with Crippen LogP contribution >= 0.6 is 0 Å². The molecule has 1 fully saturated rings. The molecule has 188 valence electrons. The van der Waals surface area contributed by atoms with Gasteiger partial charge in [0.25, 0.3) is 5.91 Å². The van der Waals surface area contributed by atoms with Crippen LogP contribution in [0, 0.1) is 5.82 Å². The van der Waals surface area contributed by atoms with Crippen molar-refractivity contribution in [2.24, 2.45) is 0 Å². The zero-order valence-electron chi connectivity index (χ0n) is 20.2. The van der Waals surface area contributed by atoms with Crippen molar-refractivity contribution in [3.8, 4) is 16.9 Å². The van der Waals surface area contributed by atoms with Gasteiger partial charge in [-0.1, -0.05) is 48.5 Å². The maximum Gasteiger partial charge on any atom is 0.254 e. The molecule has 5 rings (SSSR count). The van der Waals surface area contributed by atoms with E-state index in [9.17, 15) is 14.0 Å². The number of hydrogen-bond donors (Lipinski definition) is 1. The molecule has 1 saturated heterocycles. The smallest absolute Gasteiger partial charge is 0.254 e. The Morgan fingerprint density at radius 2 is 1.70 bits per heavy atom. The van der Waals surface area contributed by atoms with Crippen LogP contribution in [0.1, 0.15) is 23.2 Å². The number of benzene rings is 3. The van der Waals surface area contributed by atoms with Crippen LogP contribution in [0.3, 0.4) is 0 Å². The summed E-state index contributed by atoms with van der Waals surface area (Å²) < 4.78 is 21.0. The highest BCUT2D eigenvalue weighted by Gasteiger charge is 2.26. The Bertz CT molecular complexity index is 1350. The second kappa shape index (κ2) is 11.2. The third kappa shape index (κ3) is 5.92. The number of rotatable bonds is 8. The monoisotopic (exact) mass is 498 g/mol. The number of halogens is 1. The van der Waals surface area contributed by atoms with E-state index in [-0.39, 0.29) is 30.3 Å². The number of nitrogens with zero attached hydrogens (tertiary/aromatic N) is 3. The van der Waals surface area contributed by atoms with Gasteiger partial charge < -0.3 is 9.64 Å². The van der Waals surface area contributed by atoms with Crippen LogP contribution in [-0.4, -0.2) is 52.1 Å². The Hall–Kier alpha value is -4.30. The topological polar surface area (TPSA) is 76.5 Å². The molecule has 1 atom stereocenters. The highest BCUT2D eigenvalue weighted by atomic mass is 19.1. The molecule has 1 unspecified atom stereocenters. The predicted molar refractivity (Wildman–Crippen MR) is 139 cm³/mol. The number of carbonyl (C=O) groups excluding carboxylic acids is 2. The lowest BCUT2D eigenvalue weighted by molar-refractivity contribution is -0.117. The van der Waals surface area contributed by atoms with Crippen LogP contribution in [0.15, 0.2) is 91.1 Å². The molecule has 1 N–H and O–H groups in total. The first kappa shape index (κ1) is 24.4. The van der Waals surface area contributed by atoms with Gasteiger partial charge in [0.05, 0.1) is 11.8 Å². The lowest BCUT2D eigenvalue weighted by atomic mass is 10.1. The van der Waals surface area contributed by atoms with E-state index in [1.807, 2.05) is 36.4 Å². The van der Waals surface area contributed by atoms with Crippen molar-refractivity contribution in [2.75, 3.05) is 25.0 Å². The quantitative estimate of drug-likeness (QED) is 0.373. The summed E-state index contributed by atoms with van der Waals surface area (Å²) in [7, 11) is 0. The van der Waals surface area contributed by atoms with E-state index >= 15 is 0 Å². The molecule has 2 amide bonds. The van der Waals surface area contributed by atoms with Crippen molar-refractivity contribution in [2.45, 2.75) is 18.9 Å². The van der Waals surface area contributed by atoms with Crippen LogP contribution in [0.2, 0.25) is 0 Å². The number of carbonyl (C=O) groups is 2. The Morgan fingerprint density at radius 1 is 1.00 bits per heavy atom. The minimum atomic E-state index is -0.393. The summed E-state index contributed by atoms with van der Waals surface area (Å²) in [5, 5.41) is 2.86. The van der Waals surface area contributed by atoms with E-state index in [4.69, 9.17) is 4.74 Å². The molecule has 37 heavy (non-hydrogen) atoms. The van der Waals surface area contributed by atoms with Gasteiger partial charge in [0.15, 0.2) is 0 Å². The molecule has 3 aromatic carbocycles. The average molecular weight is 499 g/mol. The van der Waals surface area contributed by atoms with Crippen molar-refractivity contribution in [1.29, 1.82) is 0 Å². The maximum atomic E-state index is 13.6.